The number of fused-ring (bicyclic) bond motifs is 4. The highest BCUT2D eigenvalue weighted by Crippen LogP contribution is 2.41. The van der Waals surface area contributed by atoms with E-state index in [0.717, 1.165) is 69.7 Å². The molecule has 2 fully saturated rings. The zero-order valence-corrected chi connectivity index (χ0v) is 37.5. The molecule has 0 bridgehead atoms. The van der Waals surface area contributed by atoms with Crippen molar-refractivity contribution in [2.45, 2.75) is 71.7 Å². The number of carbonyl (C=O) groups excluding carboxylic acids is 2. The molecule has 4 aliphatic rings. The van der Waals surface area contributed by atoms with Crippen molar-refractivity contribution in [3.8, 4) is 17.1 Å². The Bertz CT molecular complexity index is 2810. The molecular formula is C49H56N12O4. The molecule has 10 rings (SSSR count). The minimum absolute atomic E-state index is 0.137. The number of anilines is 6. The van der Waals surface area contributed by atoms with Gasteiger partial charge in [0.25, 0.3) is 11.8 Å². The van der Waals surface area contributed by atoms with Crippen LogP contribution in [0.3, 0.4) is 0 Å². The van der Waals surface area contributed by atoms with E-state index in [9.17, 15) is 14.7 Å². The maximum atomic E-state index is 14.0. The van der Waals surface area contributed by atoms with Crippen molar-refractivity contribution in [1.82, 2.24) is 34.4 Å². The molecule has 2 amide bonds. The van der Waals surface area contributed by atoms with Crippen LogP contribution < -0.4 is 30.1 Å². The molecule has 6 aromatic rings. The summed E-state index contributed by atoms with van der Waals surface area (Å²) in [5, 5.41) is 18.4. The number of nitrogens with zero attached hydrogens (tertiary/aromatic N) is 9. The Kier molecular flexibility index (Phi) is 11.0. The van der Waals surface area contributed by atoms with Gasteiger partial charge in [-0.05, 0) is 92.1 Å². The first-order valence-corrected chi connectivity index (χ1v) is 22.6. The van der Waals surface area contributed by atoms with E-state index in [1.165, 1.54) is 35.5 Å². The predicted octanol–water partition coefficient (Wildman–Crippen LogP) is 6.55. The van der Waals surface area contributed by atoms with Crippen molar-refractivity contribution < 1.29 is 19.4 Å². The Morgan fingerprint density at radius 1 is 1.00 bits per heavy atom. The van der Waals surface area contributed by atoms with Crippen molar-refractivity contribution in [1.29, 1.82) is 0 Å². The molecule has 0 spiro atoms. The van der Waals surface area contributed by atoms with E-state index in [1.807, 2.05) is 36.7 Å². The topological polar surface area (TPSA) is 173 Å². The van der Waals surface area contributed by atoms with Gasteiger partial charge in [-0.2, -0.15) is 0 Å². The lowest BCUT2D eigenvalue weighted by Crippen LogP contribution is -2.57. The number of aliphatic hydroxyl groups excluding tert-OH is 1. The second kappa shape index (κ2) is 17.0. The first-order valence-electron chi connectivity index (χ1n) is 22.6. The molecule has 16 heteroatoms. The lowest BCUT2D eigenvalue weighted by atomic mass is 9.90. The van der Waals surface area contributed by atoms with Crippen LogP contribution in [0.5, 0.6) is 5.88 Å². The van der Waals surface area contributed by atoms with Gasteiger partial charge in [0.05, 0.1) is 37.0 Å². The number of pyridine rings is 2. The maximum absolute atomic E-state index is 14.0. The summed E-state index contributed by atoms with van der Waals surface area (Å²) in [4.78, 5) is 57.9. The lowest BCUT2D eigenvalue weighted by molar-refractivity contribution is -0.111. The molecule has 8 heterocycles. The number of piperidine rings is 1. The molecule has 336 valence electrons. The van der Waals surface area contributed by atoms with E-state index < -0.39 is 0 Å². The van der Waals surface area contributed by atoms with Crippen molar-refractivity contribution in [2.24, 2.45) is 5.41 Å². The van der Waals surface area contributed by atoms with Gasteiger partial charge in [0.15, 0.2) is 5.82 Å². The van der Waals surface area contributed by atoms with Gasteiger partial charge in [0, 0.05) is 110 Å². The average Bonchev–Trinajstić information content (AvgIpc) is 4.02. The molecule has 0 saturated carbocycles. The van der Waals surface area contributed by atoms with Crippen LogP contribution in [-0.2, 0) is 30.8 Å². The lowest BCUT2D eigenvalue weighted by Gasteiger charge is -2.47. The third-order valence-electron chi connectivity index (χ3n) is 13.7. The smallest absolute Gasteiger partial charge is 0.276 e. The number of rotatable bonds is 11. The quantitative estimate of drug-likeness (QED) is 0.104. The van der Waals surface area contributed by atoms with Gasteiger partial charge < -0.3 is 39.8 Å². The molecule has 5 aromatic heterocycles. The number of benzene rings is 1. The number of hydrogen-bond donors (Lipinski definition) is 4. The SMILES string of the molecule is C=CC(=O)Nc1cc(Nc2nc(-c3ccnc(N4CCn5c(cc6c5CC(C)(C)C6)C4=O)c3CO)cnc2OC)ccc1N1CCN(C2CCN(c3ccnc4[nH]ccc34)CC2)CC1C. The molecule has 65 heavy (non-hydrogen) atoms. The summed E-state index contributed by atoms with van der Waals surface area (Å²) in [7, 11) is 1.53. The minimum Gasteiger partial charge on any atom is -0.478 e. The second-order valence-electron chi connectivity index (χ2n) is 18.4. The monoisotopic (exact) mass is 876 g/mol. The number of carbonyl (C=O) groups is 2. The number of aromatic nitrogens is 6. The van der Waals surface area contributed by atoms with Crippen LogP contribution in [0.2, 0.25) is 0 Å². The van der Waals surface area contributed by atoms with E-state index in [1.54, 1.807) is 23.4 Å². The fraction of sp³-hybridized carbons (Fsp3) is 0.388. The first-order chi connectivity index (χ1) is 31.5. The maximum Gasteiger partial charge on any atom is 0.276 e. The van der Waals surface area contributed by atoms with Crippen LogP contribution in [0.1, 0.15) is 60.9 Å². The number of aliphatic hydroxyl groups is 1. The Hall–Kier alpha value is -6.78. The molecule has 16 nitrogen and oxygen atoms in total. The number of nitrogens with one attached hydrogen (secondary N) is 3. The van der Waals surface area contributed by atoms with E-state index in [0.29, 0.717) is 64.7 Å². The number of hydrogen-bond acceptors (Lipinski definition) is 12. The standard InChI is InChI=1S/C49H56N12O4/c1-6-43(63)55-37-24-32(7-8-40(37)59-20-19-58(28-30(59)2)33-12-17-57(18-13-33)39-11-16-51-44-35(39)10-14-50-44)54-45-47(65-5)53-27-38(56-45)34-9-15-52-46(36(34)29-62)61-22-21-60-41(48(61)64)23-31-25-49(3,4)26-42(31)60/h6-11,14-16,23-24,27,30,33,62H,1,12-13,17-22,25-26,28-29H2,2-5H3,(H,50,51)(H,54,56)(H,55,63). The highest BCUT2D eigenvalue weighted by Gasteiger charge is 2.38. The Morgan fingerprint density at radius 3 is 2.62 bits per heavy atom. The summed E-state index contributed by atoms with van der Waals surface area (Å²) in [5.74, 6) is 0.534. The van der Waals surface area contributed by atoms with Crippen LogP contribution >= 0.6 is 0 Å². The van der Waals surface area contributed by atoms with Gasteiger partial charge in [-0.15, -0.1) is 0 Å². The van der Waals surface area contributed by atoms with Crippen LogP contribution in [0.15, 0.2) is 79.9 Å². The molecule has 1 atom stereocenters. The summed E-state index contributed by atoms with van der Waals surface area (Å²) in [6.45, 7) is 15.8. The van der Waals surface area contributed by atoms with E-state index in [4.69, 9.17) is 9.72 Å². The van der Waals surface area contributed by atoms with Gasteiger partial charge in [0.2, 0.25) is 5.91 Å². The highest BCUT2D eigenvalue weighted by molar-refractivity contribution is 6.06. The van der Waals surface area contributed by atoms with Crippen LogP contribution in [-0.4, -0.2) is 110 Å². The second-order valence-corrected chi connectivity index (χ2v) is 18.4. The fourth-order valence-corrected chi connectivity index (χ4v) is 10.6. The number of ether oxygens (including phenoxy) is 1. The van der Waals surface area contributed by atoms with Crippen LogP contribution in [0.25, 0.3) is 22.3 Å². The summed E-state index contributed by atoms with van der Waals surface area (Å²) >= 11 is 0. The summed E-state index contributed by atoms with van der Waals surface area (Å²) < 4.78 is 7.82. The zero-order valence-electron chi connectivity index (χ0n) is 37.5. The van der Waals surface area contributed by atoms with Crippen molar-refractivity contribution in [2.75, 3.05) is 71.7 Å². The average molecular weight is 877 g/mol. The summed E-state index contributed by atoms with van der Waals surface area (Å²) in [6.07, 6.45) is 12.4. The number of methoxy groups -OCH3 is 1. The van der Waals surface area contributed by atoms with E-state index in [-0.39, 0.29) is 35.8 Å². The third-order valence-corrected chi connectivity index (χ3v) is 13.7. The number of amides is 2. The molecule has 3 aliphatic heterocycles. The number of piperazine rings is 1. The van der Waals surface area contributed by atoms with E-state index >= 15 is 0 Å². The number of H-pyrrole nitrogens is 1. The zero-order chi connectivity index (χ0) is 45.0. The van der Waals surface area contributed by atoms with Gasteiger partial charge in [-0.3, -0.25) is 19.4 Å². The molecule has 1 aliphatic carbocycles. The molecule has 2 saturated heterocycles. The predicted molar refractivity (Wildman–Crippen MR) is 253 cm³/mol. The molecule has 4 N–H and O–H groups in total. The molecule has 0 radical (unpaired) electrons. The Labute approximate surface area is 378 Å². The summed E-state index contributed by atoms with van der Waals surface area (Å²) in [5.41, 5.74) is 9.21. The first kappa shape index (κ1) is 42.2. The Balaban J connectivity index is 0.862. The van der Waals surface area contributed by atoms with Gasteiger partial charge >= 0.3 is 0 Å². The highest BCUT2D eigenvalue weighted by atomic mass is 16.5. The largest absolute Gasteiger partial charge is 0.478 e. The number of aromatic amines is 1. The van der Waals surface area contributed by atoms with E-state index in [2.05, 4.69) is 89.3 Å². The van der Waals surface area contributed by atoms with Gasteiger partial charge in [-0.25, -0.2) is 19.9 Å². The third kappa shape index (κ3) is 7.84. The normalized spacial score (nSPS) is 18.8. The van der Waals surface area contributed by atoms with Crippen molar-refractivity contribution in [3.63, 3.8) is 0 Å². The van der Waals surface area contributed by atoms with Gasteiger partial charge in [0.1, 0.15) is 17.2 Å². The minimum atomic E-state index is -0.367. The van der Waals surface area contributed by atoms with Gasteiger partial charge in [-0.1, -0.05) is 20.4 Å². The van der Waals surface area contributed by atoms with Crippen molar-refractivity contribution >= 4 is 57.2 Å². The molecular weight excluding hydrogens is 821 g/mol. The van der Waals surface area contributed by atoms with Crippen LogP contribution in [0.4, 0.5) is 34.4 Å². The molecule has 1 unspecified atom stereocenters. The Morgan fingerprint density at radius 2 is 1.83 bits per heavy atom. The van der Waals surface area contributed by atoms with Crippen molar-refractivity contribution in [3.05, 3.63) is 102 Å². The summed E-state index contributed by atoms with van der Waals surface area (Å²) in [6, 6.07) is 14.6. The fourth-order valence-electron chi connectivity index (χ4n) is 10.6. The molecule has 1 aromatic carbocycles. The van der Waals surface area contributed by atoms with Crippen LogP contribution in [0, 0.1) is 5.41 Å².